The number of hydrogen-bond donors (Lipinski definition) is 0. The molecule has 2 aromatic rings. The van der Waals surface area contributed by atoms with Crippen molar-refractivity contribution in [3.63, 3.8) is 0 Å². The van der Waals surface area contributed by atoms with E-state index in [1.54, 1.807) is 0 Å². The zero-order valence-corrected chi connectivity index (χ0v) is 8.28. The maximum Gasteiger partial charge on any atom is 0.301 e. The SMILES string of the molecule is CCn1c(C)[n+](C)c2ncccc21. The van der Waals surface area contributed by atoms with Crippen LogP contribution in [-0.4, -0.2) is 9.55 Å². The Bertz CT molecular complexity index is 443. The van der Waals surface area contributed by atoms with E-state index in [0.29, 0.717) is 0 Å². The largest absolute Gasteiger partial charge is 0.301 e. The molecule has 0 aliphatic rings. The topological polar surface area (TPSA) is 21.7 Å². The van der Waals surface area contributed by atoms with Crippen molar-refractivity contribution in [3.8, 4) is 0 Å². The summed E-state index contributed by atoms with van der Waals surface area (Å²) in [7, 11) is 2.05. The van der Waals surface area contributed by atoms with Crippen LogP contribution in [0.15, 0.2) is 18.3 Å². The van der Waals surface area contributed by atoms with Crippen molar-refractivity contribution in [3.05, 3.63) is 24.2 Å². The maximum absolute atomic E-state index is 4.35. The van der Waals surface area contributed by atoms with Crippen LogP contribution in [0.4, 0.5) is 0 Å². The second kappa shape index (κ2) is 2.83. The number of nitrogens with zero attached hydrogens (tertiary/aromatic N) is 3. The van der Waals surface area contributed by atoms with Crippen LogP contribution in [-0.2, 0) is 13.6 Å². The van der Waals surface area contributed by atoms with Gasteiger partial charge in [-0.25, -0.2) is 4.57 Å². The first-order valence-electron chi connectivity index (χ1n) is 4.55. The van der Waals surface area contributed by atoms with Gasteiger partial charge in [0.1, 0.15) is 6.20 Å². The molecule has 2 heterocycles. The number of aromatic nitrogens is 3. The molecule has 0 saturated heterocycles. The standard InChI is InChI=1S/C10H14N3/c1-4-13-8(2)12(3)10-9(13)6-5-7-11-10/h5-7H,4H2,1-3H3/q+1. The average Bonchev–Trinajstić information content (AvgIpc) is 2.41. The number of rotatable bonds is 1. The van der Waals surface area contributed by atoms with Crippen LogP contribution in [0.3, 0.4) is 0 Å². The van der Waals surface area contributed by atoms with Crippen LogP contribution in [0.25, 0.3) is 11.2 Å². The van der Waals surface area contributed by atoms with Gasteiger partial charge in [0.2, 0.25) is 5.82 Å². The van der Waals surface area contributed by atoms with Crippen molar-refractivity contribution in [2.75, 3.05) is 0 Å². The Hall–Kier alpha value is -1.38. The van der Waals surface area contributed by atoms with E-state index in [0.717, 1.165) is 12.2 Å². The Kier molecular flexibility index (Phi) is 1.79. The quantitative estimate of drug-likeness (QED) is 0.598. The predicted octanol–water partition coefficient (Wildman–Crippen LogP) is 1.19. The lowest BCUT2D eigenvalue weighted by molar-refractivity contribution is -0.654. The van der Waals surface area contributed by atoms with Gasteiger partial charge in [0.25, 0.3) is 0 Å². The number of fused-ring (bicyclic) bond motifs is 1. The molecule has 68 valence electrons. The fourth-order valence-electron chi connectivity index (χ4n) is 1.77. The molecule has 13 heavy (non-hydrogen) atoms. The van der Waals surface area contributed by atoms with Crippen molar-refractivity contribution >= 4 is 11.2 Å². The summed E-state index contributed by atoms with van der Waals surface area (Å²) >= 11 is 0. The minimum Gasteiger partial charge on any atom is -0.258 e. The lowest BCUT2D eigenvalue weighted by Crippen LogP contribution is -2.31. The van der Waals surface area contributed by atoms with E-state index in [4.69, 9.17) is 0 Å². The third-order valence-corrected chi connectivity index (χ3v) is 2.57. The number of aryl methyl sites for hydroxylation is 2. The average molecular weight is 176 g/mol. The summed E-state index contributed by atoms with van der Waals surface area (Å²) < 4.78 is 4.39. The Morgan fingerprint density at radius 3 is 3.00 bits per heavy atom. The Labute approximate surface area is 77.6 Å². The number of pyridine rings is 1. The molecule has 0 spiro atoms. The molecule has 0 unspecified atom stereocenters. The van der Waals surface area contributed by atoms with Crippen molar-refractivity contribution in [1.82, 2.24) is 9.55 Å². The van der Waals surface area contributed by atoms with Gasteiger partial charge in [-0.15, -0.1) is 4.98 Å². The van der Waals surface area contributed by atoms with Gasteiger partial charge >= 0.3 is 5.65 Å². The minimum absolute atomic E-state index is 0.995. The third-order valence-electron chi connectivity index (χ3n) is 2.57. The van der Waals surface area contributed by atoms with Crippen LogP contribution >= 0.6 is 0 Å². The fraction of sp³-hybridized carbons (Fsp3) is 0.400. The highest BCUT2D eigenvalue weighted by molar-refractivity contribution is 5.67. The molecule has 0 radical (unpaired) electrons. The molecule has 2 rings (SSSR count). The molecule has 0 fully saturated rings. The molecule has 0 aliphatic heterocycles. The van der Waals surface area contributed by atoms with Gasteiger partial charge in [-0.2, -0.15) is 0 Å². The lowest BCUT2D eigenvalue weighted by atomic mass is 10.4. The van der Waals surface area contributed by atoms with Crippen LogP contribution in [0.1, 0.15) is 12.7 Å². The van der Waals surface area contributed by atoms with Crippen molar-refractivity contribution in [2.24, 2.45) is 7.05 Å². The van der Waals surface area contributed by atoms with Crippen molar-refractivity contribution in [2.45, 2.75) is 20.4 Å². The molecule has 2 aromatic heterocycles. The predicted molar refractivity (Wildman–Crippen MR) is 51.3 cm³/mol. The summed E-state index contributed by atoms with van der Waals surface area (Å²) in [6, 6.07) is 4.09. The minimum atomic E-state index is 0.995. The van der Waals surface area contributed by atoms with Gasteiger partial charge in [-0.1, -0.05) is 0 Å². The van der Waals surface area contributed by atoms with E-state index in [1.165, 1.54) is 11.3 Å². The van der Waals surface area contributed by atoms with Crippen LogP contribution < -0.4 is 4.57 Å². The third kappa shape index (κ3) is 1.03. The summed E-state index contributed by atoms with van der Waals surface area (Å²) in [5, 5.41) is 0. The Balaban J connectivity index is 2.90. The van der Waals surface area contributed by atoms with Crippen molar-refractivity contribution < 1.29 is 4.57 Å². The van der Waals surface area contributed by atoms with Gasteiger partial charge < -0.3 is 0 Å². The number of imidazole rings is 1. The molecule has 0 saturated carbocycles. The molecule has 0 N–H and O–H groups in total. The van der Waals surface area contributed by atoms with E-state index in [1.807, 2.05) is 12.3 Å². The zero-order valence-electron chi connectivity index (χ0n) is 8.28. The smallest absolute Gasteiger partial charge is 0.258 e. The highest BCUT2D eigenvalue weighted by Crippen LogP contribution is 2.10. The number of hydrogen-bond acceptors (Lipinski definition) is 1. The second-order valence-electron chi connectivity index (χ2n) is 3.20. The Morgan fingerprint density at radius 2 is 2.31 bits per heavy atom. The first kappa shape index (κ1) is 8.23. The second-order valence-corrected chi connectivity index (χ2v) is 3.20. The van der Waals surface area contributed by atoms with Crippen LogP contribution in [0.5, 0.6) is 0 Å². The zero-order chi connectivity index (χ0) is 9.42. The molecule has 3 nitrogen and oxygen atoms in total. The highest BCUT2D eigenvalue weighted by atomic mass is 15.2. The summed E-state index contributed by atoms with van der Waals surface area (Å²) in [6.07, 6.45) is 1.84. The van der Waals surface area contributed by atoms with E-state index >= 15 is 0 Å². The summed E-state index contributed by atoms with van der Waals surface area (Å²) in [5.41, 5.74) is 2.27. The van der Waals surface area contributed by atoms with E-state index in [9.17, 15) is 0 Å². The van der Waals surface area contributed by atoms with Crippen molar-refractivity contribution in [1.29, 1.82) is 0 Å². The van der Waals surface area contributed by atoms with Gasteiger partial charge in [-0.05, 0) is 19.1 Å². The lowest BCUT2D eigenvalue weighted by Gasteiger charge is -1.94. The monoisotopic (exact) mass is 176 g/mol. The molecule has 3 heteroatoms. The summed E-state index contributed by atoms with van der Waals surface area (Å²) in [4.78, 5) is 4.35. The maximum atomic E-state index is 4.35. The highest BCUT2D eigenvalue weighted by Gasteiger charge is 2.16. The van der Waals surface area contributed by atoms with Gasteiger partial charge in [0, 0.05) is 6.92 Å². The molecule has 0 amide bonds. The summed E-state index contributed by atoms with van der Waals surface area (Å²) in [5.74, 6) is 1.25. The fourth-order valence-corrected chi connectivity index (χ4v) is 1.77. The molecule has 0 atom stereocenters. The summed E-state index contributed by atoms with van der Waals surface area (Å²) in [6.45, 7) is 5.26. The Morgan fingerprint density at radius 1 is 1.54 bits per heavy atom. The first-order chi connectivity index (χ1) is 6.25. The molecule has 0 aromatic carbocycles. The van der Waals surface area contributed by atoms with Crippen LogP contribution in [0, 0.1) is 6.92 Å². The van der Waals surface area contributed by atoms with Gasteiger partial charge in [-0.3, -0.25) is 4.57 Å². The molecule has 0 bridgehead atoms. The van der Waals surface area contributed by atoms with E-state index in [-0.39, 0.29) is 0 Å². The molecular weight excluding hydrogens is 162 g/mol. The molecule has 0 aliphatic carbocycles. The normalized spacial score (nSPS) is 11.0. The van der Waals surface area contributed by atoms with E-state index in [2.05, 4.69) is 41.1 Å². The van der Waals surface area contributed by atoms with Gasteiger partial charge in [0.15, 0.2) is 5.52 Å². The first-order valence-corrected chi connectivity index (χ1v) is 4.55. The van der Waals surface area contributed by atoms with E-state index < -0.39 is 0 Å². The van der Waals surface area contributed by atoms with Crippen LogP contribution in [0.2, 0.25) is 0 Å². The molecular formula is C10H14N3+. The van der Waals surface area contributed by atoms with Gasteiger partial charge in [0.05, 0.1) is 13.6 Å².